The first-order valence-corrected chi connectivity index (χ1v) is 5.41. The molecule has 17 heavy (non-hydrogen) atoms. The number of rotatable bonds is 2. The number of hydrogen-bond acceptors (Lipinski definition) is 3. The third kappa shape index (κ3) is 1.70. The number of furan rings is 1. The van der Waals surface area contributed by atoms with Crippen molar-refractivity contribution in [3.05, 3.63) is 66.2 Å². The van der Waals surface area contributed by atoms with Crippen molar-refractivity contribution in [2.75, 3.05) is 0 Å². The second-order valence-corrected chi connectivity index (χ2v) is 3.84. The molecule has 1 atom stereocenters. The highest BCUT2D eigenvalue weighted by molar-refractivity contribution is 5.82. The first kappa shape index (κ1) is 10.1. The van der Waals surface area contributed by atoms with E-state index in [1.165, 1.54) is 0 Å². The van der Waals surface area contributed by atoms with Crippen molar-refractivity contribution in [3.8, 4) is 0 Å². The topological polar surface area (TPSA) is 46.3 Å². The average Bonchev–Trinajstić information content (AvgIpc) is 2.91. The lowest BCUT2D eigenvalue weighted by Gasteiger charge is -2.10. The van der Waals surface area contributed by atoms with Gasteiger partial charge < -0.3 is 9.52 Å². The molecule has 1 aromatic carbocycles. The van der Waals surface area contributed by atoms with E-state index in [1.807, 2.05) is 30.3 Å². The summed E-state index contributed by atoms with van der Waals surface area (Å²) < 4.78 is 5.23. The van der Waals surface area contributed by atoms with Crippen LogP contribution >= 0.6 is 0 Å². The number of pyridine rings is 1. The summed E-state index contributed by atoms with van der Waals surface area (Å²) in [5.41, 5.74) is 1.68. The molecule has 84 valence electrons. The molecule has 0 aliphatic heterocycles. The minimum absolute atomic E-state index is 0.543. The van der Waals surface area contributed by atoms with Crippen molar-refractivity contribution in [1.82, 2.24) is 4.98 Å². The minimum Gasteiger partial charge on any atom is -0.466 e. The molecular weight excluding hydrogens is 214 g/mol. The van der Waals surface area contributed by atoms with Crippen LogP contribution in [0.2, 0.25) is 0 Å². The Morgan fingerprint density at radius 3 is 2.82 bits per heavy atom. The molecule has 3 heteroatoms. The molecule has 0 radical (unpaired) electrons. The van der Waals surface area contributed by atoms with Gasteiger partial charge in [0.2, 0.25) is 0 Å². The zero-order valence-electron chi connectivity index (χ0n) is 9.08. The quantitative estimate of drug-likeness (QED) is 0.729. The number of nitrogens with zero attached hydrogens (tertiary/aromatic N) is 1. The molecule has 0 aliphatic carbocycles. The first-order valence-electron chi connectivity index (χ1n) is 5.41. The maximum absolute atomic E-state index is 10.3. The van der Waals surface area contributed by atoms with E-state index in [4.69, 9.17) is 4.42 Å². The number of benzene rings is 1. The molecule has 1 N–H and O–H groups in total. The summed E-state index contributed by atoms with van der Waals surface area (Å²) >= 11 is 0. The van der Waals surface area contributed by atoms with E-state index < -0.39 is 6.10 Å². The zero-order chi connectivity index (χ0) is 11.7. The van der Waals surface area contributed by atoms with Crippen molar-refractivity contribution in [2.24, 2.45) is 0 Å². The van der Waals surface area contributed by atoms with Crippen molar-refractivity contribution in [2.45, 2.75) is 6.10 Å². The number of hydrogen-bond donors (Lipinski definition) is 1. The van der Waals surface area contributed by atoms with Gasteiger partial charge in [-0.2, -0.15) is 0 Å². The smallest absolute Gasteiger partial charge is 0.137 e. The number of aliphatic hydroxyl groups is 1. The highest BCUT2D eigenvalue weighted by atomic mass is 16.4. The molecule has 2 heterocycles. The van der Waals surface area contributed by atoms with Crippen LogP contribution in [-0.2, 0) is 0 Å². The maximum atomic E-state index is 10.3. The van der Waals surface area contributed by atoms with Crippen LogP contribution in [-0.4, -0.2) is 10.1 Å². The monoisotopic (exact) mass is 225 g/mol. The van der Waals surface area contributed by atoms with Crippen molar-refractivity contribution < 1.29 is 9.52 Å². The summed E-state index contributed by atoms with van der Waals surface area (Å²) in [5, 5.41) is 11.2. The molecule has 2 aromatic heterocycles. The molecule has 0 fully saturated rings. The van der Waals surface area contributed by atoms with Crippen LogP contribution in [0.15, 0.2) is 59.3 Å². The van der Waals surface area contributed by atoms with Crippen LogP contribution in [0.1, 0.15) is 17.4 Å². The molecule has 0 saturated heterocycles. The molecule has 3 rings (SSSR count). The Morgan fingerprint density at radius 1 is 1.06 bits per heavy atom. The zero-order valence-corrected chi connectivity index (χ0v) is 9.08. The summed E-state index contributed by atoms with van der Waals surface area (Å²) in [6.45, 7) is 0. The van der Waals surface area contributed by atoms with E-state index >= 15 is 0 Å². The van der Waals surface area contributed by atoms with Gasteiger partial charge in [0.05, 0.1) is 11.8 Å². The van der Waals surface area contributed by atoms with Gasteiger partial charge in [0.25, 0.3) is 0 Å². The van der Waals surface area contributed by atoms with Crippen LogP contribution in [0, 0.1) is 0 Å². The summed E-state index contributed by atoms with van der Waals surface area (Å²) in [6, 6.07) is 13.0. The normalized spacial score (nSPS) is 12.8. The summed E-state index contributed by atoms with van der Waals surface area (Å²) in [7, 11) is 0. The second-order valence-electron chi connectivity index (χ2n) is 3.84. The van der Waals surface area contributed by atoms with Crippen molar-refractivity contribution in [3.63, 3.8) is 0 Å². The van der Waals surface area contributed by atoms with Crippen molar-refractivity contribution in [1.29, 1.82) is 0 Å². The molecular formula is C14H11NO2. The first-order chi connectivity index (χ1) is 8.36. The van der Waals surface area contributed by atoms with Gasteiger partial charge in [-0.05, 0) is 29.8 Å². The Balaban J connectivity index is 2.17. The van der Waals surface area contributed by atoms with Gasteiger partial charge in [0.1, 0.15) is 11.9 Å². The maximum Gasteiger partial charge on any atom is 0.137 e. The SMILES string of the molecule is OC(c1ccco1)c1cccc2ncccc12. The fourth-order valence-electron chi connectivity index (χ4n) is 1.97. The fourth-order valence-corrected chi connectivity index (χ4v) is 1.97. The van der Waals surface area contributed by atoms with E-state index in [0.29, 0.717) is 5.76 Å². The van der Waals surface area contributed by atoms with E-state index in [1.54, 1.807) is 24.6 Å². The summed E-state index contributed by atoms with van der Waals surface area (Å²) in [5.74, 6) is 0.543. The van der Waals surface area contributed by atoms with E-state index in [-0.39, 0.29) is 0 Å². The predicted octanol–water partition coefficient (Wildman–Crippen LogP) is 2.91. The van der Waals surface area contributed by atoms with Crippen LogP contribution in [0.4, 0.5) is 0 Å². The van der Waals surface area contributed by atoms with Gasteiger partial charge >= 0.3 is 0 Å². The molecule has 3 nitrogen and oxygen atoms in total. The Kier molecular flexibility index (Phi) is 2.38. The van der Waals surface area contributed by atoms with E-state index in [2.05, 4.69) is 4.98 Å². The summed E-state index contributed by atoms with van der Waals surface area (Å²) in [4.78, 5) is 4.26. The molecule has 3 aromatic rings. The molecule has 0 saturated carbocycles. The van der Waals surface area contributed by atoms with E-state index in [9.17, 15) is 5.11 Å². The number of aromatic nitrogens is 1. The van der Waals surface area contributed by atoms with Gasteiger partial charge in [-0.3, -0.25) is 4.98 Å². The van der Waals surface area contributed by atoms with Crippen LogP contribution in [0.3, 0.4) is 0 Å². The Labute approximate surface area is 98.3 Å². The van der Waals surface area contributed by atoms with Gasteiger partial charge in [0.15, 0.2) is 0 Å². The summed E-state index contributed by atoms with van der Waals surface area (Å²) in [6.07, 6.45) is 2.55. The molecule has 0 bridgehead atoms. The lowest BCUT2D eigenvalue weighted by Crippen LogP contribution is -1.99. The number of aliphatic hydroxyl groups excluding tert-OH is 1. The molecule has 1 unspecified atom stereocenters. The Bertz CT molecular complexity index is 626. The van der Waals surface area contributed by atoms with Crippen molar-refractivity contribution >= 4 is 10.9 Å². The largest absolute Gasteiger partial charge is 0.466 e. The number of fused-ring (bicyclic) bond motifs is 1. The highest BCUT2D eigenvalue weighted by Crippen LogP contribution is 2.27. The highest BCUT2D eigenvalue weighted by Gasteiger charge is 2.15. The van der Waals surface area contributed by atoms with Gasteiger partial charge in [-0.25, -0.2) is 0 Å². The minimum atomic E-state index is -0.752. The average molecular weight is 225 g/mol. The Hall–Kier alpha value is -2.13. The lowest BCUT2D eigenvalue weighted by molar-refractivity contribution is 0.191. The van der Waals surface area contributed by atoms with Gasteiger partial charge in [-0.15, -0.1) is 0 Å². The van der Waals surface area contributed by atoms with Gasteiger partial charge in [0, 0.05) is 11.6 Å². The fraction of sp³-hybridized carbons (Fsp3) is 0.0714. The third-order valence-corrected chi connectivity index (χ3v) is 2.79. The lowest BCUT2D eigenvalue weighted by atomic mass is 10.0. The molecule has 0 spiro atoms. The molecule has 0 amide bonds. The van der Waals surface area contributed by atoms with E-state index in [0.717, 1.165) is 16.5 Å². The Morgan fingerprint density at radius 2 is 2.00 bits per heavy atom. The third-order valence-electron chi connectivity index (χ3n) is 2.79. The van der Waals surface area contributed by atoms with Crippen LogP contribution in [0.25, 0.3) is 10.9 Å². The second kappa shape index (κ2) is 4.03. The predicted molar refractivity (Wildman–Crippen MR) is 64.5 cm³/mol. The van der Waals surface area contributed by atoms with Crippen LogP contribution in [0.5, 0.6) is 0 Å². The van der Waals surface area contributed by atoms with Crippen LogP contribution < -0.4 is 0 Å². The standard InChI is InChI=1S/C14H11NO2/c16-14(13-7-3-9-17-13)11-4-1-6-12-10(11)5-2-8-15-12/h1-9,14,16H. The molecule has 0 aliphatic rings. The van der Waals surface area contributed by atoms with Gasteiger partial charge in [-0.1, -0.05) is 18.2 Å².